The smallest absolute Gasteiger partial charge is 0.258 e. The van der Waals surface area contributed by atoms with Crippen LogP contribution in [-0.2, 0) is 17.1 Å². The summed E-state index contributed by atoms with van der Waals surface area (Å²) in [6, 6.07) is 14.1. The highest BCUT2D eigenvalue weighted by atomic mass is 32.2. The van der Waals surface area contributed by atoms with E-state index >= 15 is 0 Å². The largest absolute Gasteiger partial charge is 0.493 e. The number of nitrogens with zero attached hydrogens (tertiary/aromatic N) is 2. The molecule has 154 valence electrons. The lowest BCUT2D eigenvalue weighted by Gasteiger charge is -2.09. The summed E-state index contributed by atoms with van der Waals surface area (Å²) in [5, 5.41) is 0. The Morgan fingerprint density at radius 1 is 1.14 bits per heavy atom. The molecule has 0 unspecified atom stereocenters. The van der Waals surface area contributed by atoms with Gasteiger partial charge in [0.15, 0.2) is 16.3 Å². The number of thioether (sulfide) groups is 2. The van der Waals surface area contributed by atoms with Crippen LogP contribution < -0.4 is 14.3 Å². The minimum atomic E-state index is -0.116. The molecule has 1 heterocycles. The van der Waals surface area contributed by atoms with Crippen LogP contribution in [0.4, 0.5) is 0 Å². The van der Waals surface area contributed by atoms with Crippen molar-refractivity contribution in [1.29, 1.82) is 0 Å². The molecule has 1 amide bonds. The van der Waals surface area contributed by atoms with E-state index in [0.29, 0.717) is 17.3 Å². The molecule has 3 rings (SSSR count). The highest BCUT2D eigenvalue weighted by Gasteiger charge is 2.13. The van der Waals surface area contributed by atoms with Gasteiger partial charge in [0.25, 0.3) is 5.91 Å². The number of aryl methyl sites for hydroxylation is 1. The van der Waals surface area contributed by atoms with Gasteiger partial charge in [0, 0.05) is 30.2 Å². The van der Waals surface area contributed by atoms with Crippen LogP contribution in [0, 0.1) is 0 Å². The molecule has 0 fully saturated rings. The maximum atomic E-state index is 12.5. The summed E-state index contributed by atoms with van der Waals surface area (Å²) in [6.45, 7) is 0.778. The summed E-state index contributed by atoms with van der Waals surface area (Å²) in [7, 11) is 3.25. The highest BCUT2D eigenvalue weighted by Crippen LogP contribution is 2.33. The van der Waals surface area contributed by atoms with Crippen molar-refractivity contribution in [3.05, 3.63) is 52.8 Å². The van der Waals surface area contributed by atoms with Crippen LogP contribution in [0.2, 0.25) is 0 Å². The second kappa shape index (κ2) is 10.8. The Hall–Kier alpha value is -1.90. The lowest BCUT2D eigenvalue weighted by molar-refractivity contribution is -0.115. The first-order valence-electron chi connectivity index (χ1n) is 9.09. The topological polar surface area (TPSA) is 52.8 Å². The standard InChI is InChI=1S/C21H24N2O3S3/c1-25-17-11-16-19(12-18(17)26-2)29-21(23(16)9-10-27-3)22-20(24)14-28-13-15-7-5-4-6-8-15/h4-8,11-12H,9-10,13-14H2,1-3H3. The number of carbonyl (C=O) groups is 1. The fourth-order valence-electron chi connectivity index (χ4n) is 2.85. The fourth-order valence-corrected chi connectivity index (χ4v) is 5.07. The number of amides is 1. The van der Waals surface area contributed by atoms with E-state index in [-0.39, 0.29) is 5.91 Å². The Morgan fingerprint density at radius 2 is 1.86 bits per heavy atom. The molecule has 0 aliphatic carbocycles. The summed E-state index contributed by atoms with van der Waals surface area (Å²) in [5.74, 6) is 3.33. The summed E-state index contributed by atoms with van der Waals surface area (Å²) < 4.78 is 14.0. The van der Waals surface area contributed by atoms with Gasteiger partial charge in [-0.3, -0.25) is 4.79 Å². The SMILES string of the molecule is COc1cc2sc(=NC(=O)CSCc3ccccc3)n(CCSC)c2cc1OC. The summed E-state index contributed by atoms with van der Waals surface area (Å²) >= 11 is 4.85. The van der Waals surface area contributed by atoms with Crippen LogP contribution >= 0.6 is 34.9 Å². The third-order valence-electron chi connectivity index (χ3n) is 4.26. The van der Waals surface area contributed by atoms with E-state index < -0.39 is 0 Å². The molecule has 0 bridgehead atoms. The molecule has 1 aromatic heterocycles. The van der Waals surface area contributed by atoms with E-state index in [9.17, 15) is 4.79 Å². The van der Waals surface area contributed by atoms with Crippen LogP contribution in [0.3, 0.4) is 0 Å². The van der Waals surface area contributed by atoms with Gasteiger partial charge in [-0.2, -0.15) is 16.8 Å². The predicted molar refractivity (Wildman–Crippen MR) is 124 cm³/mol. The summed E-state index contributed by atoms with van der Waals surface area (Å²) in [5.41, 5.74) is 2.21. The normalized spacial score (nSPS) is 11.8. The van der Waals surface area contributed by atoms with Crippen molar-refractivity contribution in [2.45, 2.75) is 12.3 Å². The summed E-state index contributed by atoms with van der Waals surface area (Å²) in [4.78, 5) is 17.6. The number of benzene rings is 2. The number of hydrogen-bond acceptors (Lipinski definition) is 6. The number of ether oxygens (including phenoxy) is 2. The van der Waals surface area contributed by atoms with Gasteiger partial charge in [0.2, 0.25) is 0 Å². The third-order valence-corrected chi connectivity index (χ3v) is 6.89. The minimum absolute atomic E-state index is 0.116. The average Bonchev–Trinajstić information content (AvgIpc) is 3.07. The zero-order valence-corrected chi connectivity index (χ0v) is 19.2. The zero-order valence-electron chi connectivity index (χ0n) is 16.7. The Labute approximate surface area is 183 Å². The molecule has 0 saturated carbocycles. The monoisotopic (exact) mass is 448 g/mol. The maximum absolute atomic E-state index is 12.5. The Balaban J connectivity index is 1.86. The molecule has 8 heteroatoms. The molecule has 0 radical (unpaired) electrons. The van der Waals surface area contributed by atoms with E-state index in [1.807, 2.05) is 30.3 Å². The van der Waals surface area contributed by atoms with Gasteiger partial charge in [0.05, 0.1) is 30.2 Å². The van der Waals surface area contributed by atoms with Crippen molar-refractivity contribution in [3.8, 4) is 11.5 Å². The van der Waals surface area contributed by atoms with Crippen LogP contribution in [-0.4, -0.2) is 42.5 Å². The number of thiazole rings is 1. The van der Waals surface area contributed by atoms with E-state index in [0.717, 1.165) is 33.1 Å². The van der Waals surface area contributed by atoms with Crippen molar-refractivity contribution in [3.63, 3.8) is 0 Å². The van der Waals surface area contributed by atoms with Crippen LogP contribution in [0.1, 0.15) is 5.56 Å². The number of fused-ring (bicyclic) bond motifs is 1. The van der Waals surface area contributed by atoms with Crippen LogP contribution in [0.25, 0.3) is 10.2 Å². The molecule has 0 spiro atoms. The Bertz CT molecular complexity index is 1030. The molecule has 0 atom stereocenters. The first-order chi connectivity index (χ1) is 14.2. The Kier molecular flexibility index (Phi) is 8.09. The van der Waals surface area contributed by atoms with Gasteiger partial charge < -0.3 is 14.0 Å². The maximum Gasteiger partial charge on any atom is 0.258 e. The molecule has 0 N–H and O–H groups in total. The van der Waals surface area contributed by atoms with E-state index in [4.69, 9.17) is 9.47 Å². The van der Waals surface area contributed by atoms with Gasteiger partial charge in [-0.1, -0.05) is 41.7 Å². The van der Waals surface area contributed by atoms with E-state index in [1.54, 1.807) is 37.7 Å². The average molecular weight is 449 g/mol. The molecule has 3 aromatic rings. The number of methoxy groups -OCH3 is 2. The minimum Gasteiger partial charge on any atom is -0.493 e. The van der Waals surface area contributed by atoms with Gasteiger partial charge >= 0.3 is 0 Å². The Morgan fingerprint density at radius 3 is 2.55 bits per heavy atom. The van der Waals surface area contributed by atoms with Crippen LogP contribution in [0.5, 0.6) is 11.5 Å². The molecule has 0 aliphatic heterocycles. The van der Waals surface area contributed by atoms with E-state index in [1.165, 1.54) is 16.9 Å². The van der Waals surface area contributed by atoms with Gasteiger partial charge in [0.1, 0.15) is 0 Å². The molecule has 0 saturated heterocycles. The van der Waals surface area contributed by atoms with Crippen molar-refractivity contribution in [2.75, 3.05) is 32.0 Å². The lowest BCUT2D eigenvalue weighted by atomic mass is 10.2. The second-order valence-electron chi connectivity index (χ2n) is 6.19. The lowest BCUT2D eigenvalue weighted by Crippen LogP contribution is -2.18. The molecular weight excluding hydrogens is 424 g/mol. The van der Waals surface area contributed by atoms with Gasteiger partial charge in [-0.05, 0) is 11.8 Å². The quantitative estimate of drug-likeness (QED) is 0.484. The number of rotatable bonds is 9. The van der Waals surface area contributed by atoms with Crippen molar-refractivity contribution in [2.24, 2.45) is 4.99 Å². The fraction of sp³-hybridized carbons (Fsp3) is 0.333. The molecule has 29 heavy (non-hydrogen) atoms. The number of hydrogen-bond donors (Lipinski definition) is 0. The van der Waals surface area contributed by atoms with Crippen molar-refractivity contribution in [1.82, 2.24) is 4.57 Å². The van der Waals surface area contributed by atoms with Crippen molar-refractivity contribution < 1.29 is 14.3 Å². The van der Waals surface area contributed by atoms with E-state index in [2.05, 4.69) is 27.9 Å². The third kappa shape index (κ3) is 5.58. The van der Waals surface area contributed by atoms with Crippen molar-refractivity contribution >= 4 is 51.0 Å². The summed E-state index contributed by atoms with van der Waals surface area (Å²) in [6.07, 6.45) is 2.07. The molecule has 5 nitrogen and oxygen atoms in total. The zero-order chi connectivity index (χ0) is 20.6. The predicted octanol–water partition coefficient (Wildman–Crippen LogP) is 4.44. The molecule has 0 aliphatic rings. The van der Waals surface area contributed by atoms with Gasteiger partial charge in [-0.25, -0.2) is 0 Å². The second-order valence-corrected chi connectivity index (χ2v) is 9.17. The molecule has 2 aromatic carbocycles. The first kappa shape index (κ1) is 21.8. The first-order valence-corrected chi connectivity index (χ1v) is 12.5. The number of carbonyl (C=O) groups excluding carboxylic acids is 1. The molecular formula is C21H24N2O3S3. The van der Waals surface area contributed by atoms with Crippen LogP contribution in [0.15, 0.2) is 47.5 Å². The van der Waals surface area contributed by atoms with Gasteiger partial charge in [-0.15, -0.1) is 11.8 Å². The number of aromatic nitrogens is 1. The highest BCUT2D eigenvalue weighted by molar-refractivity contribution is 7.99.